The number of rotatable bonds is 4. The number of aromatic nitrogens is 4. The fraction of sp³-hybridized carbons (Fsp3) is 0.368. The van der Waals surface area contributed by atoms with E-state index < -0.39 is 11.8 Å². The number of hydrogen-bond donors (Lipinski definition) is 1. The molecular formula is C19H16Cl2F2N6O. The lowest BCUT2D eigenvalue weighted by Gasteiger charge is -2.50. The number of hydrogen-bond acceptors (Lipinski definition) is 7. The summed E-state index contributed by atoms with van der Waals surface area (Å²) in [5.74, 6) is -3.58. The Morgan fingerprint density at radius 2 is 1.90 bits per heavy atom. The van der Waals surface area contributed by atoms with E-state index in [1.54, 1.807) is 18.5 Å². The van der Waals surface area contributed by atoms with Gasteiger partial charge >= 0.3 is 5.92 Å². The molecule has 1 atom stereocenters. The summed E-state index contributed by atoms with van der Waals surface area (Å²) in [5, 5.41) is 11.2. The van der Waals surface area contributed by atoms with Gasteiger partial charge in [0.2, 0.25) is 11.8 Å². The van der Waals surface area contributed by atoms with Crippen LogP contribution in [0.25, 0.3) is 0 Å². The Labute approximate surface area is 180 Å². The molecule has 2 saturated heterocycles. The van der Waals surface area contributed by atoms with E-state index in [4.69, 9.17) is 27.6 Å². The average Bonchev–Trinajstić information content (AvgIpc) is 3.36. The molecule has 5 rings (SSSR count). The zero-order valence-electron chi connectivity index (χ0n) is 15.5. The SMILES string of the molecule is FC(F)(c1ccc(Cl)c(Cl)c1)c1nnc(C2CNCC23CN(c2ncccn2)C3)o1. The number of anilines is 1. The first-order valence-electron chi connectivity index (χ1n) is 9.29. The molecule has 4 heterocycles. The van der Waals surface area contributed by atoms with Gasteiger partial charge in [0, 0.05) is 49.6 Å². The maximum Gasteiger partial charge on any atom is 0.349 e. The minimum absolute atomic E-state index is 0.0326. The van der Waals surface area contributed by atoms with Gasteiger partial charge < -0.3 is 14.6 Å². The van der Waals surface area contributed by atoms with E-state index in [0.717, 1.165) is 12.6 Å². The zero-order valence-corrected chi connectivity index (χ0v) is 17.0. The Balaban J connectivity index is 1.38. The molecule has 2 aromatic heterocycles. The van der Waals surface area contributed by atoms with Crippen LogP contribution in [0.15, 0.2) is 41.1 Å². The average molecular weight is 453 g/mol. The van der Waals surface area contributed by atoms with Crippen molar-refractivity contribution in [3.63, 3.8) is 0 Å². The molecule has 11 heteroatoms. The number of halogens is 4. The van der Waals surface area contributed by atoms with Crippen molar-refractivity contribution in [2.24, 2.45) is 5.41 Å². The van der Waals surface area contributed by atoms with Gasteiger partial charge in [-0.15, -0.1) is 10.2 Å². The van der Waals surface area contributed by atoms with E-state index in [-0.39, 0.29) is 32.8 Å². The monoisotopic (exact) mass is 452 g/mol. The topological polar surface area (TPSA) is 80.0 Å². The van der Waals surface area contributed by atoms with Crippen LogP contribution in [0.5, 0.6) is 0 Å². The second-order valence-corrected chi connectivity index (χ2v) is 8.41. The Hall–Kier alpha value is -2.36. The van der Waals surface area contributed by atoms with Crippen molar-refractivity contribution in [1.82, 2.24) is 25.5 Å². The highest BCUT2D eigenvalue weighted by Gasteiger charge is 2.55. The first kappa shape index (κ1) is 19.6. The van der Waals surface area contributed by atoms with Gasteiger partial charge in [-0.2, -0.15) is 8.78 Å². The lowest BCUT2D eigenvalue weighted by molar-refractivity contribution is 0.0108. The molecule has 3 aromatic rings. The summed E-state index contributed by atoms with van der Waals surface area (Å²) in [4.78, 5) is 10.6. The van der Waals surface area contributed by atoms with Crippen LogP contribution in [0, 0.1) is 5.41 Å². The molecule has 2 aliphatic rings. The minimum Gasteiger partial charge on any atom is -0.419 e. The summed E-state index contributed by atoms with van der Waals surface area (Å²) in [6.07, 6.45) is 3.38. The molecule has 1 unspecified atom stereocenters. The van der Waals surface area contributed by atoms with E-state index in [2.05, 4.69) is 25.5 Å². The quantitative estimate of drug-likeness (QED) is 0.648. The highest BCUT2D eigenvalue weighted by Crippen LogP contribution is 2.47. The molecule has 1 aromatic carbocycles. The van der Waals surface area contributed by atoms with E-state index in [1.807, 2.05) is 4.90 Å². The smallest absolute Gasteiger partial charge is 0.349 e. The number of nitrogens with zero attached hydrogens (tertiary/aromatic N) is 5. The van der Waals surface area contributed by atoms with Gasteiger partial charge in [0.15, 0.2) is 0 Å². The van der Waals surface area contributed by atoms with Crippen LogP contribution in [0.3, 0.4) is 0 Å². The highest BCUT2D eigenvalue weighted by atomic mass is 35.5. The van der Waals surface area contributed by atoms with E-state index >= 15 is 0 Å². The number of nitrogens with one attached hydrogen (secondary N) is 1. The van der Waals surface area contributed by atoms with Gasteiger partial charge in [0.1, 0.15) is 0 Å². The predicted molar refractivity (Wildman–Crippen MR) is 106 cm³/mol. The van der Waals surface area contributed by atoms with E-state index in [1.165, 1.54) is 12.1 Å². The van der Waals surface area contributed by atoms with Gasteiger partial charge in [-0.05, 0) is 18.2 Å². The second kappa shape index (κ2) is 7.11. The van der Waals surface area contributed by atoms with Crippen LogP contribution in [-0.2, 0) is 5.92 Å². The minimum atomic E-state index is -3.48. The van der Waals surface area contributed by atoms with E-state index in [9.17, 15) is 8.78 Å². The molecule has 7 nitrogen and oxygen atoms in total. The van der Waals surface area contributed by atoms with Crippen molar-refractivity contribution in [2.75, 3.05) is 31.1 Å². The Kier molecular flexibility index (Phi) is 4.64. The van der Waals surface area contributed by atoms with Gasteiger partial charge in [0.25, 0.3) is 5.89 Å². The Bertz CT molecular complexity index is 1070. The van der Waals surface area contributed by atoms with Crippen molar-refractivity contribution in [2.45, 2.75) is 11.8 Å². The highest BCUT2D eigenvalue weighted by molar-refractivity contribution is 6.42. The van der Waals surface area contributed by atoms with Crippen LogP contribution < -0.4 is 10.2 Å². The van der Waals surface area contributed by atoms with Crippen LogP contribution >= 0.6 is 23.2 Å². The molecule has 2 aliphatic heterocycles. The van der Waals surface area contributed by atoms with Crippen molar-refractivity contribution in [3.05, 3.63) is 64.0 Å². The molecule has 0 radical (unpaired) electrons. The molecule has 0 amide bonds. The van der Waals surface area contributed by atoms with Crippen LogP contribution in [-0.4, -0.2) is 46.3 Å². The third-order valence-corrected chi connectivity index (χ3v) is 6.44. The van der Waals surface area contributed by atoms with Crippen molar-refractivity contribution in [3.8, 4) is 0 Å². The molecule has 0 saturated carbocycles. The second-order valence-electron chi connectivity index (χ2n) is 7.60. The molecule has 1 spiro atoms. The summed E-state index contributed by atoms with van der Waals surface area (Å²) in [7, 11) is 0. The van der Waals surface area contributed by atoms with Crippen LogP contribution in [0.2, 0.25) is 10.0 Å². The fourth-order valence-electron chi connectivity index (χ4n) is 4.11. The lowest BCUT2D eigenvalue weighted by atomic mass is 9.71. The fourth-order valence-corrected chi connectivity index (χ4v) is 4.41. The first-order valence-corrected chi connectivity index (χ1v) is 10.0. The predicted octanol–water partition coefficient (Wildman–Crippen LogP) is 3.50. The van der Waals surface area contributed by atoms with Crippen molar-refractivity contribution < 1.29 is 13.2 Å². The van der Waals surface area contributed by atoms with E-state index in [0.29, 0.717) is 25.6 Å². The summed E-state index contributed by atoms with van der Waals surface area (Å²) in [6.45, 7) is 2.65. The van der Waals surface area contributed by atoms with Gasteiger partial charge in [-0.1, -0.05) is 29.3 Å². The molecular weight excluding hydrogens is 437 g/mol. The molecule has 1 N–H and O–H groups in total. The molecule has 0 bridgehead atoms. The summed E-state index contributed by atoms with van der Waals surface area (Å²) in [6, 6.07) is 5.37. The molecule has 30 heavy (non-hydrogen) atoms. The Morgan fingerprint density at radius 1 is 1.13 bits per heavy atom. The zero-order chi connectivity index (χ0) is 20.9. The summed E-state index contributed by atoms with van der Waals surface area (Å²) >= 11 is 11.7. The van der Waals surface area contributed by atoms with Gasteiger partial charge in [-0.3, -0.25) is 0 Å². The standard InChI is InChI=1S/C19H16Cl2F2N6O/c20-13-3-2-11(6-14(13)21)19(22,23)16-28-27-15(30-16)12-7-24-8-18(12)9-29(10-18)17-25-4-1-5-26-17/h1-6,12,24H,7-10H2. The van der Waals surface area contributed by atoms with Crippen molar-refractivity contribution >= 4 is 29.2 Å². The Morgan fingerprint density at radius 3 is 2.63 bits per heavy atom. The lowest BCUT2D eigenvalue weighted by Crippen LogP contribution is -2.60. The number of alkyl halides is 2. The first-order chi connectivity index (χ1) is 14.4. The summed E-state index contributed by atoms with van der Waals surface area (Å²) in [5.41, 5.74) is -0.551. The van der Waals surface area contributed by atoms with Gasteiger partial charge in [0.05, 0.1) is 16.0 Å². The van der Waals surface area contributed by atoms with Crippen molar-refractivity contribution in [1.29, 1.82) is 0 Å². The number of benzene rings is 1. The third-order valence-electron chi connectivity index (χ3n) is 5.70. The molecule has 2 fully saturated rings. The normalized spacial score (nSPS) is 20.5. The molecule has 0 aliphatic carbocycles. The van der Waals surface area contributed by atoms with Crippen LogP contribution in [0.4, 0.5) is 14.7 Å². The third kappa shape index (κ3) is 3.12. The van der Waals surface area contributed by atoms with Crippen LogP contribution in [0.1, 0.15) is 23.3 Å². The maximum absolute atomic E-state index is 14.9. The maximum atomic E-state index is 14.9. The summed E-state index contributed by atoms with van der Waals surface area (Å²) < 4.78 is 35.4. The molecule has 156 valence electrons. The van der Waals surface area contributed by atoms with Gasteiger partial charge in [-0.25, -0.2) is 9.97 Å². The largest absolute Gasteiger partial charge is 0.419 e.